The first-order valence-corrected chi connectivity index (χ1v) is 10.2. The lowest BCUT2D eigenvalue weighted by Crippen LogP contribution is -2.51. The van der Waals surface area contributed by atoms with E-state index in [1.54, 1.807) is 0 Å². The SMILES string of the molecule is CC1CN(Cc2ccccn2)CCC1NCC1(CCO)CCCCC1. The minimum atomic E-state index is 0.333. The number of pyridine rings is 1. The van der Waals surface area contributed by atoms with Crippen molar-refractivity contribution in [1.29, 1.82) is 0 Å². The summed E-state index contributed by atoms with van der Waals surface area (Å²) < 4.78 is 0. The average Bonchev–Trinajstić information content (AvgIpc) is 2.63. The largest absolute Gasteiger partial charge is 0.396 e. The third kappa shape index (κ3) is 5.25. The fourth-order valence-corrected chi connectivity index (χ4v) is 4.80. The molecule has 0 aromatic carbocycles. The molecule has 2 unspecified atom stereocenters. The summed E-state index contributed by atoms with van der Waals surface area (Å²) in [7, 11) is 0. The molecule has 0 radical (unpaired) electrons. The summed E-state index contributed by atoms with van der Waals surface area (Å²) in [5.41, 5.74) is 1.52. The van der Waals surface area contributed by atoms with Crippen LogP contribution in [0.25, 0.3) is 0 Å². The second-order valence-corrected chi connectivity index (χ2v) is 8.34. The topological polar surface area (TPSA) is 48.4 Å². The van der Waals surface area contributed by atoms with Crippen LogP contribution in [-0.4, -0.2) is 47.3 Å². The predicted molar refractivity (Wildman–Crippen MR) is 102 cm³/mol. The van der Waals surface area contributed by atoms with Gasteiger partial charge in [0, 0.05) is 45.0 Å². The molecule has 2 atom stereocenters. The molecule has 0 spiro atoms. The first-order chi connectivity index (χ1) is 12.2. The van der Waals surface area contributed by atoms with Gasteiger partial charge in [0.2, 0.25) is 0 Å². The number of rotatable bonds is 7. The van der Waals surface area contributed by atoms with Crippen molar-refractivity contribution in [2.24, 2.45) is 11.3 Å². The van der Waals surface area contributed by atoms with Gasteiger partial charge in [0.1, 0.15) is 0 Å². The Hall–Kier alpha value is -0.970. The van der Waals surface area contributed by atoms with E-state index in [1.165, 1.54) is 44.2 Å². The Morgan fingerprint density at radius 3 is 2.80 bits per heavy atom. The Morgan fingerprint density at radius 1 is 1.28 bits per heavy atom. The van der Waals surface area contributed by atoms with Gasteiger partial charge in [0.05, 0.1) is 5.69 Å². The van der Waals surface area contributed by atoms with Crippen molar-refractivity contribution in [3.8, 4) is 0 Å². The smallest absolute Gasteiger partial charge is 0.0543 e. The van der Waals surface area contributed by atoms with Gasteiger partial charge in [-0.1, -0.05) is 32.3 Å². The summed E-state index contributed by atoms with van der Waals surface area (Å²) in [6, 6.07) is 6.79. The molecule has 2 aliphatic rings. The van der Waals surface area contributed by atoms with Crippen LogP contribution in [0.5, 0.6) is 0 Å². The minimum Gasteiger partial charge on any atom is -0.396 e. The molecule has 140 valence electrons. The van der Waals surface area contributed by atoms with E-state index in [1.807, 2.05) is 12.3 Å². The molecule has 1 saturated heterocycles. The number of nitrogens with zero attached hydrogens (tertiary/aromatic N) is 2. The van der Waals surface area contributed by atoms with Crippen LogP contribution in [0.15, 0.2) is 24.4 Å². The van der Waals surface area contributed by atoms with Gasteiger partial charge in [0.25, 0.3) is 0 Å². The fourth-order valence-electron chi connectivity index (χ4n) is 4.80. The Morgan fingerprint density at radius 2 is 2.12 bits per heavy atom. The highest BCUT2D eigenvalue weighted by Crippen LogP contribution is 2.39. The molecule has 4 nitrogen and oxygen atoms in total. The Bertz CT molecular complexity index is 496. The first kappa shape index (κ1) is 18.8. The normalized spacial score (nSPS) is 27.3. The molecule has 1 saturated carbocycles. The molecule has 1 aliphatic carbocycles. The van der Waals surface area contributed by atoms with Gasteiger partial charge < -0.3 is 10.4 Å². The lowest BCUT2D eigenvalue weighted by atomic mass is 9.71. The molecule has 2 N–H and O–H groups in total. The van der Waals surface area contributed by atoms with Gasteiger partial charge in [-0.15, -0.1) is 0 Å². The second kappa shape index (κ2) is 9.11. The van der Waals surface area contributed by atoms with Crippen LogP contribution in [0.3, 0.4) is 0 Å². The number of aromatic nitrogens is 1. The number of aliphatic hydroxyl groups is 1. The van der Waals surface area contributed by atoms with Crippen LogP contribution in [0, 0.1) is 11.3 Å². The molecule has 0 bridgehead atoms. The van der Waals surface area contributed by atoms with Gasteiger partial charge in [-0.3, -0.25) is 9.88 Å². The molecular weight excluding hydrogens is 310 g/mol. The molecule has 0 amide bonds. The lowest BCUT2D eigenvalue weighted by molar-refractivity contribution is 0.0974. The lowest BCUT2D eigenvalue weighted by Gasteiger charge is -2.42. The molecule has 4 heteroatoms. The fraction of sp³-hybridized carbons (Fsp3) is 0.762. The maximum absolute atomic E-state index is 9.51. The molecular formula is C21H35N3O. The van der Waals surface area contributed by atoms with Gasteiger partial charge in [-0.25, -0.2) is 0 Å². The molecule has 25 heavy (non-hydrogen) atoms. The number of hydrogen-bond donors (Lipinski definition) is 2. The molecule has 2 fully saturated rings. The van der Waals surface area contributed by atoms with E-state index < -0.39 is 0 Å². The van der Waals surface area contributed by atoms with Crippen molar-refractivity contribution in [2.45, 2.75) is 64.5 Å². The number of hydrogen-bond acceptors (Lipinski definition) is 4. The second-order valence-electron chi connectivity index (χ2n) is 8.34. The highest BCUT2D eigenvalue weighted by molar-refractivity contribution is 5.03. The van der Waals surface area contributed by atoms with Crippen molar-refractivity contribution < 1.29 is 5.11 Å². The third-order valence-electron chi connectivity index (χ3n) is 6.40. The summed E-state index contributed by atoms with van der Waals surface area (Å²) in [5, 5.41) is 13.4. The number of likely N-dealkylation sites (tertiary alicyclic amines) is 1. The Labute approximate surface area is 153 Å². The van der Waals surface area contributed by atoms with Crippen LogP contribution >= 0.6 is 0 Å². The summed E-state index contributed by atoms with van der Waals surface area (Å²) in [5.74, 6) is 0.659. The van der Waals surface area contributed by atoms with Crippen LogP contribution in [0.2, 0.25) is 0 Å². The standard InChI is InChI=1S/C21H35N3O/c1-18-15-24(16-19-7-3-6-12-22-19)13-8-20(18)23-17-21(11-14-25)9-4-2-5-10-21/h3,6-7,12,18,20,23,25H,2,4-5,8-11,13-17H2,1H3. The number of nitrogens with one attached hydrogen (secondary N) is 1. The Kier molecular flexibility index (Phi) is 6.85. The van der Waals surface area contributed by atoms with E-state index in [9.17, 15) is 5.11 Å². The van der Waals surface area contributed by atoms with E-state index in [-0.39, 0.29) is 0 Å². The molecule has 3 rings (SSSR count). The van der Waals surface area contributed by atoms with E-state index in [0.29, 0.717) is 24.0 Å². The van der Waals surface area contributed by atoms with Crippen molar-refractivity contribution in [2.75, 3.05) is 26.2 Å². The maximum atomic E-state index is 9.51. The maximum Gasteiger partial charge on any atom is 0.0543 e. The summed E-state index contributed by atoms with van der Waals surface area (Å²) in [6.45, 7) is 7.05. The van der Waals surface area contributed by atoms with Crippen molar-refractivity contribution in [1.82, 2.24) is 15.2 Å². The van der Waals surface area contributed by atoms with E-state index >= 15 is 0 Å². The third-order valence-corrected chi connectivity index (χ3v) is 6.40. The van der Waals surface area contributed by atoms with Gasteiger partial charge in [0.15, 0.2) is 0 Å². The van der Waals surface area contributed by atoms with Crippen LogP contribution in [0.1, 0.15) is 57.6 Å². The quantitative estimate of drug-likeness (QED) is 0.797. The van der Waals surface area contributed by atoms with Gasteiger partial charge >= 0.3 is 0 Å². The van der Waals surface area contributed by atoms with Crippen LogP contribution in [0.4, 0.5) is 0 Å². The van der Waals surface area contributed by atoms with Crippen molar-refractivity contribution in [3.63, 3.8) is 0 Å². The summed E-state index contributed by atoms with van der Waals surface area (Å²) >= 11 is 0. The molecule has 1 aromatic heterocycles. The summed E-state index contributed by atoms with van der Waals surface area (Å²) in [4.78, 5) is 7.00. The zero-order valence-corrected chi connectivity index (χ0v) is 15.8. The van der Waals surface area contributed by atoms with E-state index in [2.05, 4.69) is 34.3 Å². The number of aliphatic hydroxyl groups excluding tert-OH is 1. The zero-order valence-electron chi connectivity index (χ0n) is 15.8. The van der Waals surface area contributed by atoms with Crippen LogP contribution < -0.4 is 5.32 Å². The van der Waals surface area contributed by atoms with Gasteiger partial charge in [-0.05, 0) is 49.1 Å². The monoisotopic (exact) mass is 345 g/mol. The summed E-state index contributed by atoms with van der Waals surface area (Å²) in [6.07, 6.45) is 10.7. The average molecular weight is 346 g/mol. The van der Waals surface area contributed by atoms with Crippen LogP contribution in [-0.2, 0) is 6.54 Å². The van der Waals surface area contributed by atoms with Crippen molar-refractivity contribution >= 4 is 0 Å². The highest BCUT2D eigenvalue weighted by Gasteiger charge is 2.33. The van der Waals surface area contributed by atoms with E-state index in [0.717, 1.165) is 32.6 Å². The number of piperidine rings is 1. The van der Waals surface area contributed by atoms with E-state index in [4.69, 9.17) is 0 Å². The molecule has 2 heterocycles. The Balaban J connectivity index is 1.48. The molecule has 1 aromatic rings. The first-order valence-electron chi connectivity index (χ1n) is 10.2. The van der Waals surface area contributed by atoms with Crippen molar-refractivity contribution in [3.05, 3.63) is 30.1 Å². The highest BCUT2D eigenvalue weighted by atomic mass is 16.3. The van der Waals surface area contributed by atoms with Gasteiger partial charge in [-0.2, -0.15) is 0 Å². The minimum absolute atomic E-state index is 0.333. The predicted octanol–water partition coefficient (Wildman–Crippen LogP) is 3.21. The zero-order chi connectivity index (χ0) is 17.5. The molecule has 1 aliphatic heterocycles.